The van der Waals surface area contributed by atoms with Crippen LogP contribution in [-0.4, -0.2) is 36.5 Å². The summed E-state index contributed by atoms with van der Waals surface area (Å²) in [6.07, 6.45) is 4.46. The van der Waals surface area contributed by atoms with Crippen molar-refractivity contribution in [2.45, 2.75) is 31.7 Å². The lowest BCUT2D eigenvalue weighted by molar-refractivity contribution is 0.0703. The number of amides is 1. The van der Waals surface area contributed by atoms with Crippen molar-refractivity contribution in [3.05, 3.63) is 33.8 Å². The van der Waals surface area contributed by atoms with Crippen LogP contribution < -0.4 is 5.32 Å². The van der Waals surface area contributed by atoms with E-state index in [4.69, 9.17) is 0 Å². The Hall–Kier alpha value is -1.01. The van der Waals surface area contributed by atoms with Crippen molar-refractivity contribution >= 4 is 21.8 Å². The van der Waals surface area contributed by atoms with Gasteiger partial charge in [0.15, 0.2) is 11.6 Å². The maximum absolute atomic E-state index is 13.4. The maximum atomic E-state index is 13.4. The second-order valence-corrected chi connectivity index (χ2v) is 7.02. The number of rotatable bonds is 4. The predicted molar refractivity (Wildman–Crippen MR) is 83.7 cm³/mol. The third-order valence-corrected chi connectivity index (χ3v) is 5.07. The van der Waals surface area contributed by atoms with E-state index in [0.717, 1.165) is 37.4 Å². The minimum Gasteiger partial charge on any atom is -0.338 e. The van der Waals surface area contributed by atoms with Crippen LogP contribution >= 0.6 is 15.9 Å². The fourth-order valence-electron chi connectivity index (χ4n) is 2.80. The fourth-order valence-corrected chi connectivity index (χ4v) is 3.28. The van der Waals surface area contributed by atoms with Crippen LogP contribution in [-0.2, 0) is 0 Å². The molecular formula is C16H19BrF2N2O. The SMILES string of the molecule is O=C(c1cc(F)c(F)cc1Br)N1CCC(NCC2CC2)CC1. The third-order valence-electron chi connectivity index (χ3n) is 4.41. The van der Waals surface area contributed by atoms with Crippen molar-refractivity contribution < 1.29 is 13.6 Å². The second kappa shape index (κ2) is 6.62. The Morgan fingerprint density at radius 3 is 2.45 bits per heavy atom. The number of carbonyl (C=O) groups excluding carboxylic acids is 1. The van der Waals surface area contributed by atoms with Gasteiger partial charge in [-0.2, -0.15) is 0 Å². The molecule has 3 nitrogen and oxygen atoms in total. The number of halogens is 3. The number of benzene rings is 1. The third kappa shape index (κ3) is 3.66. The molecule has 1 aliphatic heterocycles. The molecule has 120 valence electrons. The summed E-state index contributed by atoms with van der Waals surface area (Å²) in [6, 6.07) is 2.43. The van der Waals surface area contributed by atoms with Crippen molar-refractivity contribution in [1.82, 2.24) is 10.2 Å². The summed E-state index contributed by atoms with van der Waals surface area (Å²) in [5.41, 5.74) is 0.184. The Morgan fingerprint density at radius 1 is 1.18 bits per heavy atom. The summed E-state index contributed by atoms with van der Waals surface area (Å²) in [7, 11) is 0. The number of piperidine rings is 1. The molecule has 22 heavy (non-hydrogen) atoms. The van der Waals surface area contributed by atoms with Gasteiger partial charge < -0.3 is 10.2 Å². The Bertz CT molecular complexity index is 570. The molecule has 1 saturated heterocycles. The van der Waals surface area contributed by atoms with Crippen molar-refractivity contribution in [2.75, 3.05) is 19.6 Å². The molecule has 0 bridgehead atoms. The van der Waals surface area contributed by atoms with Crippen LogP contribution in [0.25, 0.3) is 0 Å². The predicted octanol–water partition coefficient (Wildman–Crippen LogP) is 3.33. The van der Waals surface area contributed by atoms with E-state index >= 15 is 0 Å². The van der Waals surface area contributed by atoms with E-state index in [1.807, 2.05) is 0 Å². The Morgan fingerprint density at radius 2 is 1.82 bits per heavy atom. The summed E-state index contributed by atoms with van der Waals surface area (Å²) in [5, 5.41) is 3.55. The van der Waals surface area contributed by atoms with Crippen molar-refractivity contribution in [3.8, 4) is 0 Å². The van der Waals surface area contributed by atoms with E-state index < -0.39 is 11.6 Å². The van der Waals surface area contributed by atoms with Gasteiger partial charge in [-0.1, -0.05) is 0 Å². The molecule has 6 heteroatoms. The standard InChI is InChI=1S/C16H19BrF2N2O/c17-13-8-15(19)14(18)7-12(13)16(22)21-5-3-11(4-6-21)20-9-10-1-2-10/h7-8,10-11,20H,1-6,9H2. The van der Waals surface area contributed by atoms with Crippen molar-refractivity contribution in [2.24, 2.45) is 5.92 Å². The number of nitrogens with one attached hydrogen (secondary N) is 1. The van der Waals surface area contributed by atoms with Gasteiger partial charge in [0.1, 0.15) is 0 Å². The summed E-state index contributed by atoms with van der Waals surface area (Å²) < 4.78 is 26.8. The molecule has 2 fully saturated rings. The first-order valence-electron chi connectivity index (χ1n) is 7.72. The number of hydrogen-bond acceptors (Lipinski definition) is 2. The number of carbonyl (C=O) groups is 1. The van der Waals surface area contributed by atoms with Gasteiger partial charge >= 0.3 is 0 Å². The highest BCUT2D eigenvalue weighted by Crippen LogP contribution is 2.28. The molecule has 0 atom stereocenters. The summed E-state index contributed by atoms with van der Waals surface area (Å²) in [4.78, 5) is 14.2. The summed E-state index contributed by atoms with van der Waals surface area (Å²) in [6.45, 7) is 2.37. The maximum Gasteiger partial charge on any atom is 0.255 e. The van der Waals surface area contributed by atoms with Crippen LogP contribution in [0, 0.1) is 17.6 Å². The smallest absolute Gasteiger partial charge is 0.255 e. The van der Waals surface area contributed by atoms with Gasteiger partial charge in [0.25, 0.3) is 5.91 Å². The molecule has 1 amide bonds. The van der Waals surface area contributed by atoms with Crippen LogP contribution in [0.1, 0.15) is 36.0 Å². The second-order valence-electron chi connectivity index (χ2n) is 6.16. The molecule has 1 heterocycles. The quantitative estimate of drug-likeness (QED) is 0.822. The molecule has 0 radical (unpaired) electrons. The Labute approximate surface area is 137 Å². The summed E-state index contributed by atoms with van der Waals surface area (Å²) >= 11 is 3.14. The average Bonchev–Trinajstić information content (AvgIpc) is 3.33. The van der Waals surface area contributed by atoms with Gasteiger partial charge in [0.2, 0.25) is 0 Å². The summed E-state index contributed by atoms with van der Waals surface area (Å²) in [5.74, 6) is -1.34. The monoisotopic (exact) mass is 372 g/mol. The minimum atomic E-state index is -0.993. The number of hydrogen-bond donors (Lipinski definition) is 1. The van der Waals surface area contributed by atoms with E-state index in [2.05, 4.69) is 21.2 Å². The number of likely N-dealkylation sites (tertiary alicyclic amines) is 1. The normalized spacial score (nSPS) is 19.5. The molecule has 3 rings (SSSR count). The highest BCUT2D eigenvalue weighted by Gasteiger charge is 2.27. The van der Waals surface area contributed by atoms with Gasteiger partial charge in [-0.05, 0) is 66.2 Å². The molecule has 1 saturated carbocycles. The molecular weight excluding hydrogens is 354 g/mol. The lowest BCUT2D eigenvalue weighted by Crippen LogP contribution is -2.45. The van der Waals surface area contributed by atoms with E-state index in [-0.39, 0.29) is 11.5 Å². The van der Waals surface area contributed by atoms with Crippen LogP contribution in [0.2, 0.25) is 0 Å². The van der Waals surface area contributed by atoms with E-state index in [9.17, 15) is 13.6 Å². The van der Waals surface area contributed by atoms with E-state index in [1.165, 1.54) is 12.8 Å². The van der Waals surface area contributed by atoms with Gasteiger partial charge in [0.05, 0.1) is 5.56 Å². The van der Waals surface area contributed by atoms with Gasteiger partial charge in [-0.15, -0.1) is 0 Å². The molecule has 1 aromatic rings. The van der Waals surface area contributed by atoms with Gasteiger partial charge in [-0.3, -0.25) is 4.79 Å². The molecule has 0 unspecified atom stereocenters. The van der Waals surface area contributed by atoms with Gasteiger partial charge in [-0.25, -0.2) is 8.78 Å². The first-order valence-corrected chi connectivity index (χ1v) is 8.51. The molecule has 0 spiro atoms. The average molecular weight is 373 g/mol. The molecule has 1 aliphatic carbocycles. The van der Waals surface area contributed by atoms with E-state index in [1.54, 1.807) is 4.90 Å². The first kappa shape index (κ1) is 15.9. The largest absolute Gasteiger partial charge is 0.338 e. The Balaban J connectivity index is 1.58. The van der Waals surface area contributed by atoms with E-state index in [0.29, 0.717) is 23.6 Å². The highest BCUT2D eigenvalue weighted by atomic mass is 79.9. The molecule has 1 aromatic carbocycles. The lowest BCUT2D eigenvalue weighted by atomic mass is 10.0. The highest BCUT2D eigenvalue weighted by molar-refractivity contribution is 9.10. The molecule has 2 aliphatic rings. The van der Waals surface area contributed by atoms with Crippen molar-refractivity contribution in [1.29, 1.82) is 0 Å². The van der Waals surface area contributed by atoms with Crippen molar-refractivity contribution in [3.63, 3.8) is 0 Å². The minimum absolute atomic E-state index is 0.184. The zero-order chi connectivity index (χ0) is 15.7. The lowest BCUT2D eigenvalue weighted by Gasteiger charge is -2.32. The Kier molecular flexibility index (Phi) is 4.78. The zero-order valence-corrected chi connectivity index (χ0v) is 13.8. The van der Waals surface area contributed by atoms with Gasteiger partial charge in [0, 0.05) is 23.6 Å². The first-order chi connectivity index (χ1) is 10.5. The fraction of sp³-hybridized carbons (Fsp3) is 0.562. The molecule has 1 N–H and O–H groups in total. The van der Waals surface area contributed by atoms with Crippen LogP contribution in [0.15, 0.2) is 16.6 Å². The van der Waals surface area contributed by atoms with Crippen LogP contribution in [0.3, 0.4) is 0 Å². The molecule has 0 aromatic heterocycles. The van der Waals surface area contributed by atoms with Crippen LogP contribution in [0.5, 0.6) is 0 Å². The topological polar surface area (TPSA) is 32.3 Å². The number of nitrogens with zero attached hydrogens (tertiary/aromatic N) is 1. The zero-order valence-electron chi connectivity index (χ0n) is 12.2. The van der Waals surface area contributed by atoms with Crippen LogP contribution in [0.4, 0.5) is 8.78 Å².